The second kappa shape index (κ2) is 7.12. The number of carbonyl (C=O) groups excluding carboxylic acids is 1. The molecular weight excluding hydrogens is 260 g/mol. The first kappa shape index (κ1) is 16.3. The molecule has 6 heteroatoms. The fraction of sp³-hybridized carbons (Fsp3) is 0.500. The number of nitrogens with two attached hydrogens (primary N) is 1. The third-order valence-electron chi connectivity index (χ3n) is 3.34. The molecular formula is C14H22N2O4. The predicted octanol–water partition coefficient (Wildman–Crippen LogP) is 0.101. The van der Waals surface area contributed by atoms with Crippen molar-refractivity contribution in [2.24, 2.45) is 11.7 Å². The SMILES string of the molecule is CC(CO)C(C)NC(=O)[C@@H](N)Cc1ccc(O)c(O)c1. The zero-order chi connectivity index (χ0) is 15.3. The third-order valence-corrected chi connectivity index (χ3v) is 3.34. The summed E-state index contributed by atoms with van der Waals surface area (Å²) in [5.74, 6) is -0.816. The highest BCUT2D eigenvalue weighted by Crippen LogP contribution is 2.25. The molecule has 1 aromatic rings. The number of nitrogens with one attached hydrogen (secondary N) is 1. The van der Waals surface area contributed by atoms with Crippen molar-refractivity contribution in [3.05, 3.63) is 23.8 Å². The molecule has 0 aromatic heterocycles. The molecule has 1 amide bonds. The summed E-state index contributed by atoms with van der Waals surface area (Å²) >= 11 is 0. The Morgan fingerprint density at radius 1 is 1.30 bits per heavy atom. The van der Waals surface area contributed by atoms with Gasteiger partial charge in [0, 0.05) is 12.6 Å². The van der Waals surface area contributed by atoms with Crippen molar-refractivity contribution in [1.29, 1.82) is 0 Å². The van der Waals surface area contributed by atoms with E-state index in [1.54, 1.807) is 13.0 Å². The Balaban J connectivity index is 2.59. The van der Waals surface area contributed by atoms with E-state index in [1.165, 1.54) is 12.1 Å². The van der Waals surface area contributed by atoms with E-state index in [9.17, 15) is 15.0 Å². The first-order valence-electron chi connectivity index (χ1n) is 6.52. The number of benzene rings is 1. The standard InChI is InChI=1S/C14H22N2O4/c1-8(7-17)9(2)16-14(20)11(15)5-10-3-4-12(18)13(19)6-10/h3-4,6,8-9,11,17-19H,5,7,15H2,1-2H3,(H,16,20)/t8?,9?,11-/m0/s1. The number of aliphatic hydroxyl groups is 1. The van der Waals surface area contributed by atoms with Crippen LogP contribution in [0.3, 0.4) is 0 Å². The molecule has 0 saturated carbocycles. The Morgan fingerprint density at radius 3 is 2.50 bits per heavy atom. The van der Waals surface area contributed by atoms with Crippen LogP contribution in [0.2, 0.25) is 0 Å². The van der Waals surface area contributed by atoms with Gasteiger partial charge in [0.15, 0.2) is 11.5 Å². The zero-order valence-corrected chi connectivity index (χ0v) is 11.7. The van der Waals surface area contributed by atoms with Gasteiger partial charge in [-0.1, -0.05) is 13.0 Å². The van der Waals surface area contributed by atoms with Gasteiger partial charge < -0.3 is 26.4 Å². The number of phenols is 2. The van der Waals surface area contributed by atoms with Crippen LogP contribution in [0.4, 0.5) is 0 Å². The van der Waals surface area contributed by atoms with E-state index in [0.717, 1.165) is 0 Å². The lowest BCUT2D eigenvalue weighted by Gasteiger charge is -2.21. The quantitative estimate of drug-likeness (QED) is 0.475. The van der Waals surface area contributed by atoms with E-state index in [2.05, 4.69) is 5.32 Å². The van der Waals surface area contributed by atoms with Crippen LogP contribution in [-0.2, 0) is 11.2 Å². The van der Waals surface area contributed by atoms with E-state index in [-0.39, 0.29) is 42.4 Å². The molecule has 20 heavy (non-hydrogen) atoms. The van der Waals surface area contributed by atoms with Gasteiger partial charge >= 0.3 is 0 Å². The zero-order valence-electron chi connectivity index (χ0n) is 11.7. The fourth-order valence-electron chi connectivity index (χ4n) is 1.67. The van der Waals surface area contributed by atoms with E-state index in [0.29, 0.717) is 5.56 Å². The van der Waals surface area contributed by atoms with Crippen LogP contribution in [0.1, 0.15) is 19.4 Å². The fourth-order valence-corrected chi connectivity index (χ4v) is 1.67. The second-order valence-corrected chi connectivity index (χ2v) is 5.09. The molecule has 6 nitrogen and oxygen atoms in total. The minimum Gasteiger partial charge on any atom is -0.504 e. The minimum absolute atomic E-state index is 0.0114. The lowest BCUT2D eigenvalue weighted by atomic mass is 10.0. The van der Waals surface area contributed by atoms with Crippen LogP contribution in [-0.4, -0.2) is 39.9 Å². The van der Waals surface area contributed by atoms with Crippen molar-refractivity contribution in [2.75, 3.05) is 6.61 Å². The Morgan fingerprint density at radius 2 is 1.95 bits per heavy atom. The van der Waals surface area contributed by atoms with Crippen LogP contribution < -0.4 is 11.1 Å². The highest BCUT2D eigenvalue weighted by atomic mass is 16.3. The maximum Gasteiger partial charge on any atom is 0.237 e. The average molecular weight is 282 g/mol. The van der Waals surface area contributed by atoms with Crippen molar-refractivity contribution in [3.63, 3.8) is 0 Å². The van der Waals surface area contributed by atoms with Gasteiger partial charge in [-0.25, -0.2) is 0 Å². The molecule has 1 rings (SSSR count). The minimum atomic E-state index is -0.757. The Bertz CT molecular complexity index is 464. The maximum absolute atomic E-state index is 11.9. The molecule has 3 atom stereocenters. The van der Waals surface area contributed by atoms with Crippen LogP contribution in [0, 0.1) is 5.92 Å². The van der Waals surface area contributed by atoms with Crippen LogP contribution in [0.15, 0.2) is 18.2 Å². The van der Waals surface area contributed by atoms with Gasteiger partial charge in [0.1, 0.15) is 0 Å². The summed E-state index contributed by atoms with van der Waals surface area (Å²) in [5.41, 5.74) is 6.47. The second-order valence-electron chi connectivity index (χ2n) is 5.09. The number of hydrogen-bond acceptors (Lipinski definition) is 5. The predicted molar refractivity (Wildman–Crippen MR) is 75.3 cm³/mol. The number of hydrogen-bond donors (Lipinski definition) is 5. The highest BCUT2D eigenvalue weighted by Gasteiger charge is 2.19. The van der Waals surface area contributed by atoms with Gasteiger partial charge in [0.05, 0.1) is 6.04 Å². The van der Waals surface area contributed by atoms with Gasteiger partial charge in [0.25, 0.3) is 0 Å². The third kappa shape index (κ3) is 4.40. The molecule has 112 valence electrons. The molecule has 0 bridgehead atoms. The molecule has 0 fully saturated rings. The summed E-state index contributed by atoms with van der Waals surface area (Å²) in [4.78, 5) is 11.9. The molecule has 0 saturated heterocycles. The normalized spacial score (nSPS) is 15.4. The molecule has 0 aliphatic rings. The molecule has 0 aliphatic heterocycles. The average Bonchev–Trinajstić information content (AvgIpc) is 2.41. The summed E-state index contributed by atoms with van der Waals surface area (Å²) in [7, 11) is 0. The molecule has 0 radical (unpaired) electrons. The molecule has 1 aromatic carbocycles. The summed E-state index contributed by atoms with van der Waals surface area (Å²) in [6.45, 7) is 3.62. The number of carbonyl (C=O) groups is 1. The van der Waals surface area contributed by atoms with E-state index >= 15 is 0 Å². The molecule has 0 heterocycles. The molecule has 6 N–H and O–H groups in total. The van der Waals surface area contributed by atoms with E-state index < -0.39 is 6.04 Å². The van der Waals surface area contributed by atoms with Crippen LogP contribution in [0.5, 0.6) is 11.5 Å². The van der Waals surface area contributed by atoms with Crippen LogP contribution in [0.25, 0.3) is 0 Å². The Kier molecular flexibility index (Phi) is 5.79. The summed E-state index contributed by atoms with van der Waals surface area (Å²) < 4.78 is 0. The highest BCUT2D eigenvalue weighted by molar-refractivity contribution is 5.82. The molecule has 2 unspecified atom stereocenters. The van der Waals surface area contributed by atoms with E-state index in [4.69, 9.17) is 10.8 Å². The largest absolute Gasteiger partial charge is 0.504 e. The Hall–Kier alpha value is -1.79. The van der Waals surface area contributed by atoms with Gasteiger partial charge in [-0.05, 0) is 37.0 Å². The van der Waals surface area contributed by atoms with Crippen molar-refractivity contribution in [2.45, 2.75) is 32.4 Å². The molecule has 0 aliphatic carbocycles. The van der Waals surface area contributed by atoms with Gasteiger partial charge in [-0.2, -0.15) is 0 Å². The smallest absolute Gasteiger partial charge is 0.237 e. The number of rotatable bonds is 6. The Labute approximate surface area is 118 Å². The summed E-state index contributed by atoms with van der Waals surface area (Å²) in [5, 5.41) is 30.3. The van der Waals surface area contributed by atoms with Gasteiger partial charge in [-0.3, -0.25) is 4.79 Å². The lowest BCUT2D eigenvalue weighted by Crippen LogP contribution is -2.47. The van der Waals surface area contributed by atoms with Crippen molar-refractivity contribution >= 4 is 5.91 Å². The van der Waals surface area contributed by atoms with E-state index in [1.807, 2.05) is 6.92 Å². The maximum atomic E-state index is 11.9. The first-order chi connectivity index (χ1) is 9.35. The van der Waals surface area contributed by atoms with Crippen molar-refractivity contribution < 1.29 is 20.1 Å². The number of aromatic hydroxyl groups is 2. The monoisotopic (exact) mass is 282 g/mol. The summed E-state index contributed by atoms with van der Waals surface area (Å²) in [6, 6.07) is 3.40. The van der Waals surface area contributed by atoms with Crippen LogP contribution >= 0.6 is 0 Å². The van der Waals surface area contributed by atoms with Crippen molar-refractivity contribution in [1.82, 2.24) is 5.32 Å². The topological polar surface area (TPSA) is 116 Å². The first-order valence-corrected chi connectivity index (χ1v) is 6.52. The summed E-state index contributed by atoms with van der Waals surface area (Å²) in [6.07, 6.45) is 0.250. The van der Waals surface area contributed by atoms with Gasteiger partial charge in [0.2, 0.25) is 5.91 Å². The van der Waals surface area contributed by atoms with Crippen molar-refractivity contribution in [3.8, 4) is 11.5 Å². The number of phenolic OH excluding ortho intramolecular Hbond substituents is 2. The number of aliphatic hydroxyl groups excluding tert-OH is 1. The lowest BCUT2D eigenvalue weighted by molar-refractivity contribution is -0.123. The molecule has 0 spiro atoms. The number of amides is 1. The van der Waals surface area contributed by atoms with Gasteiger partial charge in [-0.15, -0.1) is 0 Å².